The van der Waals surface area contributed by atoms with Crippen molar-refractivity contribution in [2.75, 3.05) is 27.4 Å². The molecule has 0 N–H and O–H groups in total. The summed E-state index contributed by atoms with van der Waals surface area (Å²) in [5, 5.41) is 0. The first-order valence-electron chi connectivity index (χ1n) is 8.11. The van der Waals surface area contributed by atoms with E-state index in [1.165, 1.54) is 19.8 Å². The normalized spacial score (nSPS) is 13.1. The van der Waals surface area contributed by atoms with Crippen LogP contribution in [0.2, 0.25) is 0 Å². The van der Waals surface area contributed by atoms with Crippen molar-refractivity contribution in [2.24, 2.45) is 5.41 Å². The van der Waals surface area contributed by atoms with Crippen LogP contribution in [-0.4, -0.2) is 27.4 Å². The fourth-order valence-corrected chi connectivity index (χ4v) is 3.58. The minimum absolute atomic E-state index is 0.101. The van der Waals surface area contributed by atoms with E-state index in [4.69, 9.17) is 9.26 Å². The number of phosphoric ester groups is 1. The first kappa shape index (κ1) is 21.2. The summed E-state index contributed by atoms with van der Waals surface area (Å²) >= 11 is 0. The van der Waals surface area contributed by atoms with E-state index in [2.05, 4.69) is 55.8 Å². The van der Waals surface area contributed by atoms with Crippen LogP contribution >= 0.6 is 7.82 Å². The van der Waals surface area contributed by atoms with E-state index >= 15 is 0 Å². The number of phosphoric acid groups is 1. The molecule has 0 aliphatic carbocycles. The van der Waals surface area contributed by atoms with Gasteiger partial charge in [0.15, 0.2) is 0 Å². The fourth-order valence-electron chi connectivity index (χ4n) is 2.92. The van der Waals surface area contributed by atoms with Gasteiger partial charge in [0.05, 0.1) is 6.61 Å². The van der Waals surface area contributed by atoms with Gasteiger partial charge >= 0.3 is 7.82 Å². The lowest BCUT2D eigenvalue weighted by molar-refractivity contribution is 0.130. The van der Waals surface area contributed by atoms with Gasteiger partial charge < -0.3 is 4.74 Å². The molecule has 0 fully saturated rings. The molecule has 0 saturated carbocycles. The van der Waals surface area contributed by atoms with E-state index in [0.717, 1.165) is 12.2 Å². The van der Waals surface area contributed by atoms with Gasteiger partial charge in [-0.05, 0) is 34.9 Å². The molecule has 0 spiro atoms. The lowest BCUT2D eigenvalue weighted by atomic mass is 9.72. The highest BCUT2D eigenvalue weighted by atomic mass is 31.2. The topological polar surface area (TPSA) is 54.0 Å². The second-order valence-corrected chi connectivity index (χ2v) is 9.52. The standard InChI is InChI=1S/C18H31O5P/c1-17(2,3)14-18(4,5)15-8-10-16(11-9-15)22-12-13-23-24(19,20-6)21-7/h8-11H,12-14H2,1-7H3. The molecular weight excluding hydrogens is 327 g/mol. The van der Waals surface area contributed by atoms with Gasteiger partial charge in [-0.15, -0.1) is 0 Å². The predicted octanol–water partition coefficient (Wildman–Crippen LogP) is 5.20. The molecule has 0 aliphatic heterocycles. The average Bonchev–Trinajstić information content (AvgIpc) is 2.49. The van der Waals surface area contributed by atoms with Crippen LogP contribution in [0.4, 0.5) is 0 Å². The molecule has 0 aromatic heterocycles. The monoisotopic (exact) mass is 358 g/mol. The summed E-state index contributed by atoms with van der Waals surface area (Å²) in [7, 11) is -0.871. The summed E-state index contributed by atoms with van der Waals surface area (Å²) in [5.74, 6) is 0.749. The largest absolute Gasteiger partial charge is 0.491 e. The average molecular weight is 358 g/mol. The molecule has 0 bridgehead atoms. The number of hydrogen-bond donors (Lipinski definition) is 0. The Morgan fingerprint density at radius 2 is 1.46 bits per heavy atom. The zero-order chi connectivity index (χ0) is 18.4. The Hall–Kier alpha value is -0.870. The van der Waals surface area contributed by atoms with Crippen LogP contribution in [0.25, 0.3) is 0 Å². The van der Waals surface area contributed by atoms with E-state index in [1.807, 2.05) is 12.1 Å². The molecule has 1 rings (SSSR count). The molecule has 0 radical (unpaired) electrons. The van der Waals surface area contributed by atoms with Crippen molar-refractivity contribution in [1.82, 2.24) is 0 Å². The summed E-state index contributed by atoms with van der Waals surface area (Å²) < 4.78 is 31.8. The zero-order valence-electron chi connectivity index (χ0n) is 15.9. The maximum absolute atomic E-state index is 11.7. The second-order valence-electron chi connectivity index (χ2n) is 7.64. The van der Waals surface area contributed by atoms with Gasteiger partial charge in [-0.1, -0.05) is 46.8 Å². The predicted molar refractivity (Wildman–Crippen MR) is 96.6 cm³/mol. The van der Waals surface area contributed by atoms with E-state index in [0.29, 0.717) is 0 Å². The third kappa shape index (κ3) is 6.94. The summed E-state index contributed by atoms with van der Waals surface area (Å²) in [5.41, 5.74) is 1.65. The van der Waals surface area contributed by atoms with E-state index in [9.17, 15) is 4.57 Å². The first-order valence-corrected chi connectivity index (χ1v) is 9.57. The van der Waals surface area contributed by atoms with Crippen LogP contribution < -0.4 is 4.74 Å². The van der Waals surface area contributed by atoms with Crippen molar-refractivity contribution < 1.29 is 22.9 Å². The number of benzene rings is 1. The van der Waals surface area contributed by atoms with Crippen LogP contribution in [0.1, 0.15) is 46.6 Å². The van der Waals surface area contributed by atoms with Gasteiger partial charge in [-0.3, -0.25) is 13.6 Å². The summed E-state index contributed by atoms with van der Waals surface area (Å²) in [6, 6.07) is 8.09. The van der Waals surface area contributed by atoms with Crippen molar-refractivity contribution in [2.45, 2.75) is 46.5 Å². The second kappa shape index (κ2) is 8.48. The molecule has 6 heteroatoms. The third-order valence-electron chi connectivity index (χ3n) is 3.66. The molecule has 0 aliphatic rings. The van der Waals surface area contributed by atoms with Crippen LogP contribution in [0.5, 0.6) is 5.75 Å². The van der Waals surface area contributed by atoms with Crippen LogP contribution in [0.3, 0.4) is 0 Å². The Balaban J connectivity index is 2.55. The highest BCUT2D eigenvalue weighted by molar-refractivity contribution is 7.48. The Morgan fingerprint density at radius 1 is 0.917 bits per heavy atom. The molecule has 0 heterocycles. The first-order chi connectivity index (χ1) is 11.0. The molecule has 0 amide bonds. The smallest absolute Gasteiger partial charge is 0.474 e. The maximum atomic E-state index is 11.7. The SMILES string of the molecule is COP(=O)(OC)OCCOc1ccc(C(C)(C)CC(C)(C)C)cc1. The highest BCUT2D eigenvalue weighted by Crippen LogP contribution is 2.47. The van der Waals surface area contributed by atoms with Crippen molar-refractivity contribution in [3.05, 3.63) is 29.8 Å². The van der Waals surface area contributed by atoms with Crippen molar-refractivity contribution in [1.29, 1.82) is 0 Å². The van der Waals surface area contributed by atoms with Gasteiger partial charge in [0, 0.05) is 14.2 Å². The lowest BCUT2D eigenvalue weighted by Crippen LogP contribution is -2.24. The zero-order valence-corrected chi connectivity index (χ0v) is 16.8. The Labute approximate surface area is 146 Å². The van der Waals surface area contributed by atoms with E-state index in [-0.39, 0.29) is 24.0 Å². The molecule has 24 heavy (non-hydrogen) atoms. The van der Waals surface area contributed by atoms with E-state index in [1.54, 1.807) is 0 Å². The van der Waals surface area contributed by atoms with Crippen molar-refractivity contribution in [3.8, 4) is 5.75 Å². The van der Waals surface area contributed by atoms with Crippen LogP contribution in [-0.2, 0) is 23.6 Å². The Bertz CT molecular complexity index is 538. The molecule has 138 valence electrons. The van der Waals surface area contributed by atoms with E-state index < -0.39 is 7.82 Å². The minimum atomic E-state index is -3.43. The van der Waals surface area contributed by atoms with Gasteiger partial charge in [-0.25, -0.2) is 4.57 Å². The molecule has 0 saturated heterocycles. The number of hydrogen-bond acceptors (Lipinski definition) is 5. The molecule has 5 nitrogen and oxygen atoms in total. The number of rotatable bonds is 9. The number of ether oxygens (including phenoxy) is 1. The maximum Gasteiger partial charge on any atom is 0.474 e. The molecule has 0 atom stereocenters. The Morgan fingerprint density at radius 3 is 1.92 bits per heavy atom. The molecule has 0 unspecified atom stereocenters. The fraction of sp³-hybridized carbons (Fsp3) is 0.667. The van der Waals surface area contributed by atoms with Gasteiger partial charge in [0.25, 0.3) is 0 Å². The van der Waals surface area contributed by atoms with Crippen LogP contribution in [0.15, 0.2) is 24.3 Å². The van der Waals surface area contributed by atoms with Crippen LogP contribution in [0, 0.1) is 5.41 Å². The minimum Gasteiger partial charge on any atom is -0.491 e. The Kier molecular flexibility index (Phi) is 7.48. The highest BCUT2D eigenvalue weighted by Gasteiger charge is 2.27. The molecule has 1 aromatic rings. The summed E-state index contributed by atoms with van der Waals surface area (Å²) in [6.45, 7) is 11.7. The third-order valence-corrected chi connectivity index (χ3v) is 5.05. The summed E-state index contributed by atoms with van der Waals surface area (Å²) in [6.07, 6.45) is 1.09. The summed E-state index contributed by atoms with van der Waals surface area (Å²) in [4.78, 5) is 0. The van der Waals surface area contributed by atoms with Crippen molar-refractivity contribution >= 4 is 7.82 Å². The quantitative estimate of drug-likeness (QED) is 0.449. The van der Waals surface area contributed by atoms with Gasteiger partial charge in [0.2, 0.25) is 0 Å². The van der Waals surface area contributed by atoms with Gasteiger partial charge in [0.1, 0.15) is 12.4 Å². The van der Waals surface area contributed by atoms with Gasteiger partial charge in [-0.2, -0.15) is 0 Å². The molecular formula is C18H31O5P. The molecule has 1 aromatic carbocycles. The lowest BCUT2D eigenvalue weighted by Gasteiger charge is -2.33. The van der Waals surface area contributed by atoms with Crippen molar-refractivity contribution in [3.63, 3.8) is 0 Å².